The zero-order chi connectivity index (χ0) is 27.0. The molecule has 0 saturated carbocycles. The van der Waals surface area contributed by atoms with Crippen LogP contribution in [0.1, 0.15) is 39.6 Å². The maximum absolute atomic E-state index is 12.9. The highest BCUT2D eigenvalue weighted by molar-refractivity contribution is 6.05. The van der Waals surface area contributed by atoms with Gasteiger partial charge in [-0.25, -0.2) is 4.98 Å². The zero-order valence-electron chi connectivity index (χ0n) is 19.6. The Morgan fingerprint density at radius 2 is 1.97 bits per heavy atom. The number of aliphatic hydroxyl groups excluding tert-OH is 1. The van der Waals surface area contributed by atoms with Crippen molar-refractivity contribution in [3.8, 4) is 23.3 Å². The summed E-state index contributed by atoms with van der Waals surface area (Å²) in [6, 6.07) is 15.6. The maximum Gasteiger partial charge on any atom is 0.449 e. The Balaban J connectivity index is 1.31. The number of rotatable bonds is 5. The van der Waals surface area contributed by atoms with Gasteiger partial charge in [0.25, 0.3) is 5.91 Å². The molecular weight excluding hydrogens is 501 g/mol. The first-order chi connectivity index (χ1) is 18.1. The third-order valence-corrected chi connectivity index (χ3v) is 6.03. The van der Waals surface area contributed by atoms with Gasteiger partial charge in [-0.2, -0.15) is 18.4 Å². The number of benzene rings is 3. The second-order valence-electron chi connectivity index (χ2n) is 8.57. The summed E-state index contributed by atoms with van der Waals surface area (Å²) in [7, 11) is 0. The van der Waals surface area contributed by atoms with Crippen molar-refractivity contribution >= 4 is 22.6 Å². The molecule has 192 valence electrons. The minimum absolute atomic E-state index is 0.00323. The minimum Gasteiger partial charge on any atom is -0.512 e. The molecule has 0 radical (unpaired) electrons. The van der Waals surface area contributed by atoms with Crippen LogP contribution in [0.5, 0.6) is 17.2 Å². The molecule has 4 aromatic rings. The number of anilines is 1. The van der Waals surface area contributed by atoms with Crippen LogP contribution < -0.4 is 14.8 Å². The van der Waals surface area contributed by atoms with Gasteiger partial charge in [0.2, 0.25) is 5.82 Å². The van der Waals surface area contributed by atoms with Gasteiger partial charge in [0.1, 0.15) is 23.3 Å². The highest BCUT2D eigenvalue weighted by Crippen LogP contribution is 2.41. The van der Waals surface area contributed by atoms with E-state index in [1.54, 1.807) is 24.3 Å². The molecule has 0 spiro atoms. The van der Waals surface area contributed by atoms with Crippen LogP contribution in [0.3, 0.4) is 0 Å². The van der Waals surface area contributed by atoms with Crippen molar-refractivity contribution in [1.82, 2.24) is 9.97 Å². The van der Waals surface area contributed by atoms with Crippen LogP contribution in [-0.2, 0) is 6.18 Å². The molecule has 0 bridgehead atoms. The van der Waals surface area contributed by atoms with Crippen molar-refractivity contribution in [3.63, 3.8) is 0 Å². The predicted molar refractivity (Wildman–Crippen MR) is 131 cm³/mol. The van der Waals surface area contributed by atoms with Crippen LogP contribution in [-0.4, -0.2) is 27.6 Å². The average Bonchev–Trinajstić information content (AvgIpc) is 3.32. The summed E-state index contributed by atoms with van der Waals surface area (Å²) in [5.74, 6) is -0.848. The molecular formula is C27H19F3N4O4. The molecule has 0 saturated heterocycles. The molecule has 38 heavy (non-hydrogen) atoms. The molecule has 5 rings (SSSR count). The Hall–Kier alpha value is -4.98. The summed E-state index contributed by atoms with van der Waals surface area (Å²) in [5.41, 5.74) is 1.72. The molecule has 11 heteroatoms. The topological polar surface area (TPSA) is 120 Å². The summed E-state index contributed by atoms with van der Waals surface area (Å²) in [5, 5.41) is 22.1. The molecule has 1 amide bonds. The Bertz CT molecular complexity index is 1600. The van der Waals surface area contributed by atoms with Gasteiger partial charge < -0.3 is 24.9 Å². The number of amides is 1. The number of H-pyrrole nitrogens is 1. The largest absolute Gasteiger partial charge is 0.512 e. The number of hydrogen-bond acceptors (Lipinski definition) is 6. The summed E-state index contributed by atoms with van der Waals surface area (Å²) in [4.78, 5) is 18.4. The maximum atomic E-state index is 12.9. The highest BCUT2D eigenvalue weighted by atomic mass is 19.4. The number of aromatic nitrogens is 2. The van der Waals surface area contributed by atoms with E-state index in [0.29, 0.717) is 30.1 Å². The van der Waals surface area contributed by atoms with Gasteiger partial charge in [0.05, 0.1) is 29.0 Å². The van der Waals surface area contributed by atoms with E-state index in [2.05, 4.69) is 27.9 Å². The van der Waals surface area contributed by atoms with Gasteiger partial charge in [-0.05, 0) is 55.0 Å². The lowest BCUT2D eigenvalue weighted by Gasteiger charge is -2.26. The van der Waals surface area contributed by atoms with Crippen molar-refractivity contribution in [2.45, 2.75) is 18.5 Å². The predicted octanol–water partition coefficient (Wildman–Crippen LogP) is 6.44. The first kappa shape index (κ1) is 24.7. The third-order valence-electron chi connectivity index (χ3n) is 6.03. The Labute approximate surface area is 214 Å². The van der Waals surface area contributed by atoms with E-state index in [-0.39, 0.29) is 45.3 Å². The number of allylic oxidation sites excluding steroid dienone is 1. The van der Waals surface area contributed by atoms with Crippen LogP contribution in [0.25, 0.3) is 11.0 Å². The minimum atomic E-state index is -4.61. The number of alkyl halides is 3. The summed E-state index contributed by atoms with van der Waals surface area (Å²) < 4.78 is 50.2. The number of aliphatic hydroxyl groups is 1. The van der Waals surface area contributed by atoms with E-state index in [0.717, 1.165) is 0 Å². The van der Waals surface area contributed by atoms with Crippen LogP contribution in [0.4, 0.5) is 18.9 Å². The quantitative estimate of drug-likeness (QED) is 0.261. The second kappa shape index (κ2) is 9.48. The average molecular weight is 520 g/mol. The monoisotopic (exact) mass is 520 g/mol. The standard InChI is InChI=1S/C27H19F3N4O4/c1-14(35)19-8-9-37-24-12-23(16(13-31)10-20(19)24)38-18-5-2-15(3-6-18)25(36)32-17-4-7-21-22(11-17)34-26(33-21)27(28,29)30/h2-7,10-12,19,35H,1,8-9H2,(H,32,36)(H,33,34). The van der Waals surface area contributed by atoms with Gasteiger partial charge in [0.15, 0.2) is 0 Å². The van der Waals surface area contributed by atoms with Gasteiger partial charge in [-0.15, -0.1) is 0 Å². The van der Waals surface area contributed by atoms with E-state index in [4.69, 9.17) is 9.47 Å². The Morgan fingerprint density at radius 1 is 1.21 bits per heavy atom. The van der Waals surface area contributed by atoms with Crippen molar-refractivity contribution in [1.29, 1.82) is 5.26 Å². The SMILES string of the molecule is C=C(O)C1CCOc2cc(Oc3ccc(C(=O)Nc4ccc5nc(C(F)(F)F)[nH]c5c4)cc3)c(C#N)cc21. The highest BCUT2D eigenvalue weighted by Gasteiger charge is 2.34. The number of halogens is 3. The van der Waals surface area contributed by atoms with Crippen LogP contribution in [0.15, 0.2) is 66.9 Å². The molecule has 8 nitrogen and oxygen atoms in total. The number of nitrogens with one attached hydrogen (secondary N) is 2. The summed E-state index contributed by atoms with van der Waals surface area (Å²) in [6.07, 6.45) is -4.06. The molecule has 1 unspecified atom stereocenters. The number of nitriles is 1. The molecule has 2 heterocycles. The fourth-order valence-corrected chi connectivity index (χ4v) is 4.16. The number of nitrogens with zero attached hydrogens (tertiary/aromatic N) is 2. The van der Waals surface area contributed by atoms with E-state index in [1.165, 1.54) is 30.3 Å². The van der Waals surface area contributed by atoms with Gasteiger partial charge in [-0.3, -0.25) is 4.79 Å². The first-order valence-electron chi connectivity index (χ1n) is 11.4. The van der Waals surface area contributed by atoms with Crippen molar-refractivity contribution < 1.29 is 32.5 Å². The molecule has 0 fully saturated rings. The smallest absolute Gasteiger partial charge is 0.449 e. The number of fused-ring (bicyclic) bond motifs is 2. The van der Waals surface area contributed by atoms with Gasteiger partial charge in [0, 0.05) is 28.8 Å². The molecule has 1 aromatic heterocycles. The van der Waals surface area contributed by atoms with Crippen molar-refractivity contribution in [2.24, 2.45) is 0 Å². The van der Waals surface area contributed by atoms with E-state index in [9.17, 15) is 28.3 Å². The van der Waals surface area contributed by atoms with E-state index < -0.39 is 17.9 Å². The molecule has 0 aliphatic carbocycles. The Morgan fingerprint density at radius 3 is 2.66 bits per heavy atom. The number of hydrogen-bond donors (Lipinski definition) is 3. The number of aromatic amines is 1. The Kier molecular flexibility index (Phi) is 6.16. The van der Waals surface area contributed by atoms with Crippen LogP contribution in [0.2, 0.25) is 0 Å². The number of carbonyl (C=O) groups excluding carboxylic acids is 1. The fraction of sp³-hybridized carbons (Fsp3) is 0.148. The number of ether oxygens (including phenoxy) is 2. The number of carbonyl (C=O) groups is 1. The lowest BCUT2D eigenvalue weighted by Crippen LogP contribution is -2.16. The summed E-state index contributed by atoms with van der Waals surface area (Å²) in [6.45, 7) is 3.98. The van der Waals surface area contributed by atoms with Crippen LogP contribution in [0, 0.1) is 11.3 Å². The number of imidazole rings is 1. The molecule has 1 atom stereocenters. The van der Waals surface area contributed by atoms with E-state index >= 15 is 0 Å². The normalized spacial score (nSPS) is 14.7. The summed E-state index contributed by atoms with van der Waals surface area (Å²) >= 11 is 0. The molecule has 3 N–H and O–H groups in total. The van der Waals surface area contributed by atoms with Crippen LogP contribution >= 0.6 is 0 Å². The molecule has 3 aromatic carbocycles. The first-order valence-corrected chi connectivity index (χ1v) is 11.4. The van der Waals surface area contributed by atoms with Crippen molar-refractivity contribution in [3.05, 3.63) is 89.5 Å². The molecule has 1 aliphatic rings. The molecule has 1 aliphatic heterocycles. The third kappa shape index (κ3) is 4.84. The van der Waals surface area contributed by atoms with Gasteiger partial charge >= 0.3 is 6.18 Å². The lowest BCUT2D eigenvalue weighted by molar-refractivity contribution is -0.144. The zero-order valence-corrected chi connectivity index (χ0v) is 19.6. The van der Waals surface area contributed by atoms with Gasteiger partial charge in [-0.1, -0.05) is 6.58 Å². The second-order valence-corrected chi connectivity index (χ2v) is 8.57. The van der Waals surface area contributed by atoms with Crippen molar-refractivity contribution in [2.75, 3.05) is 11.9 Å². The fourth-order valence-electron chi connectivity index (χ4n) is 4.16. The lowest BCUT2D eigenvalue weighted by atomic mass is 9.90. The van der Waals surface area contributed by atoms with E-state index in [1.807, 2.05) is 0 Å².